The summed E-state index contributed by atoms with van der Waals surface area (Å²) in [5.41, 5.74) is 3.71. The van der Waals surface area contributed by atoms with Gasteiger partial charge in [0.2, 0.25) is 0 Å². The van der Waals surface area contributed by atoms with E-state index in [-0.39, 0.29) is 17.5 Å². The monoisotopic (exact) mass is 464 g/mol. The predicted molar refractivity (Wildman–Crippen MR) is 142 cm³/mol. The van der Waals surface area contributed by atoms with Gasteiger partial charge in [0.1, 0.15) is 0 Å². The topological polar surface area (TPSA) is 23.6 Å². The van der Waals surface area contributed by atoms with Crippen molar-refractivity contribution >= 4 is 5.91 Å². The second kappa shape index (κ2) is 9.62. The van der Waals surface area contributed by atoms with E-state index in [9.17, 15) is 4.79 Å². The molecule has 3 aliphatic heterocycles. The summed E-state index contributed by atoms with van der Waals surface area (Å²) < 4.78 is 0. The van der Waals surface area contributed by atoms with Crippen LogP contribution >= 0.6 is 0 Å². The van der Waals surface area contributed by atoms with Crippen LogP contribution in [0.1, 0.15) is 71.8 Å². The third-order valence-corrected chi connectivity index (χ3v) is 8.97. The van der Waals surface area contributed by atoms with Crippen molar-refractivity contribution in [3.05, 3.63) is 108 Å². The summed E-state index contributed by atoms with van der Waals surface area (Å²) >= 11 is 0. The van der Waals surface area contributed by atoms with E-state index < -0.39 is 0 Å². The van der Waals surface area contributed by atoms with Crippen molar-refractivity contribution in [3.8, 4) is 0 Å². The maximum absolute atomic E-state index is 14.1. The van der Waals surface area contributed by atoms with E-state index in [1.54, 1.807) is 0 Å². The lowest BCUT2D eigenvalue weighted by Crippen LogP contribution is -2.56. The highest BCUT2D eigenvalue weighted by atomic mass is 16.2. The number of hydrogen-bond donors (Lipinski definition) is 0. The van der Waals surface area contributed by atoms with Crippen LogP contribution in [-0.4, -0.2) is 46.9 Å². The molecule has 7 rings (SSSR count). The average Bonchev–Trinajstić information content (AvgIpc) is 3.23. The smallest absolute Gasteiger partial charge is 0.254 e. The average molecular weight is 465 g/mol. The lowest BCUT2D eigenvalue weighted by molar-refractivity contribution is 0.0160. The fraction of sp³-hybridized carbons (Fsp3) is 0.406. The van der Waals surface area contributed by atoms with Crippen LogP contribution in [0.15, 0.2) is 91.0 Å². The number of benzene rings is 3. The van der Waals surface area contributed by atoms with Gasteiger partial charge in [-0.3, -0.25) is 9.69 Å². The number of carbonyl (C=O) groups is 1. The Morgan fingerprint density at radius 3 is 1.71 bits per heavy atom. The predicted octanol–water partition coefficient (Wildman–Crippen LogP) is 6.49. The molecule has 3 aromatic carbocycles. The van der Waals surface area contributed by atoms with Crippen LogP contribution < -0.4 is 0 Å². The Kier molecular flexibility index (Phi) is 6.20. The maximum atomic E-state index is 14.1. The van der Waals surface area contributed by atoms with E-state index in [0.717, 1.165) is 31.4 Å². The fourth-order valence-corrected chi connectivity index (χ4v) is 7.34. The van der Waals surface area contributed by atoms with Gasteiger partial charge in [0.05, 0.1) is 0 Å². The van der Waals surface area contributed by atoms with Gasteiger partial charge in [0.15, 0.2) is 0 Å². The van der Waals surface area contributed by atoms with Gasteiger partial charge >= 0.3 is 0 Å². The Morgan fingerprint density at radius 2 is 1.17 bits per heavy atom. The molecule has 4 fully saturated rings. The first-order chi connectivity index (χ1) is 17.3. The zero-order valence-electron chi connectivity index (χ0n) is 20.6. The van der Waals surface area contributed by atoms with Crippen LogP contribution in [-0.2, 0) is 0 Å². The molecule has 1 saturated carbocycles. The molecule has 3 heteroatoms. The molecule has 0 unspecified atom stereocenters. The van der Waals surface area contributed by atoms with Crippen LogP contribution in [0.4, 0.5) is 0 Å². The fourth-order valence-electron chi connectivity index (χ4n) is 7.34. The first-order valence-electron chi connectivity index (χ1n) is 13.5. The lowest BCUT2D eigenvalue weighted by Gasteiger charge is -2.53. The molecule has 2 atom stereocenters. The molecule has 3 heterocycles. The first kappa shape index (κ1) is 22.5. The maximum Gasteiger partial charge on any atom is 0.254 e. The van der Waals surface area contributed by atoms with E-state index in [2.05, 4.69) is 70.5 Å². The van der Waals surface area contributed by atoms with E-state index in [1.165, 1.54) is 43.5 Å². The molecule has 3 nitrogen and oxygen atoms in total. The molecule has 0 radical (unpaired) electrons. The van der Waals surface area contributed by atoms with Crippen molar-refractivity contribution < 1.29 is 4.79 Å². The van der Waals surface area contributed by atoms with Crippen molar-refractivity contribution in [3.63, 3.8) is 0 Å². The number of nitrogens with zero attached hydrogens (tertiary/aromatic N) is 2. The summed E-state index contributed by atoms with van der Waals surface area (Å²) in [4.78, 5) is 19.2. The minimum absolute atomic E-state index is 0.143. The largest absolute Gasteiger partial charge is 0.334 e. The van der Waals surface area contributed by atoms with Crippen LogP contribution in [0.25, 0.3) is 0 Å². The quantitative estimate of drug-likeness (QED) is 0.441. The molecular formula is C32H36N2O. The van der Waals surface area contributed by atoms with Crippen LogP contribution in [0.3, 0.4) is 0 Å². The lowest BCUT2D eigenvalue weighted by atomic mass is 9.63. The van der Waals surface area contributed by atoms with Gasteiger partial charge in [-0.25, -0.2) is 0 Å². The van der Waals surface area contributed by atoms with Crippen molar-refractivity contribution in [1.29, 1.82) is 0 Å². The molecular weight excluding hydrogens is 428 g/mol. The summed E-state index contributed by atoms with van der Waals surface area (Å²) in [7, 11) is 0. The van der Waals surface area contributed by atoms with Crippen LogP contribution in [0.2, 0.25) is 0 Å². The summed E-state index contributed by atoms with van der Waals surface area (Å²) in [6.45, 7) is 3.22. The molecule has 0 aromatic heterocycles. The Labute approximate surface area is 209 Å². The van der Waals surface area contributed by atoms with Gasteiger partial charge in [-0.1, -0.05) is 85.3 Å². The molecule has 0 N–H and O–H groups in total. The second-order valence-corrected chi connectivity index (χ2v) is 10.8. The highest BCUT2D eigenvalue weighted by Gasteiger charge is 2.55. The number of rotatable bonds is 4. The minimum atomic E-state index is 0.143. The van der Waals surface area contributed by atoms with E-state index in [1.807, 2.05) is 30.3 Å². The first-order valence-corrected chi connectivity index (χ1v) is 13.5. The zero-order chi connectivity index (χ0) is 23.7. The Bertz CT molecular complexity index is 1070. The van der Waals surface area contributed by atoms with Crippen molar-refractivity contribution in [1.82, 2.24) is 9.80 Å². The molecule has 1 amide bonds. The summed E-state index contributed by atoms with van der Waals surface area (Å²) in [5, 5.41) is 0. The normalized spacial score (nSPS) is 29.0. The molecule has 4 aliphatic rings. The van der Waals surface area contributed by atoms with Gasteiger partial charge in [-0.05, 0) is 68.5 Å². The van der Waals surface area contributed by atoms with Crippen LogP contribution in [0, 0.1) is 0 Å². The molecule has 180 valence electrons. The van der Waals surface area contributed by atoms with Gasteiger partial charge < -0.3 is 4.90 Å². The number of carbonyl (C=O) groups excluding carboxylic acids is 1. The minimum Gasteiger partial charge on any atom is -0.334 e. The van der Waals surface area contributed by atoms with Crippen LogP contribution in [0.5, 0.6) is 0 Å². The van der Waals surface area contributed by atoms with Crippen molar-refractivity contribution in [2.24, 2.45) is 0 Å². The van der Waals surface area contributed by atoms with Gasteiger partial charge in [0.25, 0.3) is 5.91 Å². The number of hydrogen-bond acceptors (Lipinski definition) is 2. The molecule has 3 saturated heterocycles. The number of fused-ring (bicyclic) bond motifs is 4. The molecule has 3 aromatic rings. The Hall–Kier alpha value is -2.91. The molecule has 0 spiro atoms. The summed E-state index contributed by atoms with van der Waals surface area (Å²) in [6.07, 6.45) is 7.29. The third kappa shape index (κ3) is 4.21. The Morgan fingerprint density at radius 1 is 0.657 bits per heavy atom. The van der Waals surface area contributed by atoms with E-state index in [4.69, 9.17) is 0 Å². The second-order valence-electron chi connectivity index (χ2n) is 10.8. The van der Waals surface area contributed by atoms with Gasteiger partial charge in [0, 0.05) is 35.5 Å². The number of amides is 1. The molecule has 35 heavy (non-hydrogen) atoms. The number of piperidine rings is 1. The highest BCUT2D eigenvalue weighted by molar-refractivity contribution is 5.94. The third-order valence-electron chi connectivity index (χ3n) is 8.97. The standard InChI is InChI=1S/C32H36N2O/c35-31(27-17-9-3-10-18-27)34-22-19-32(33-20-11-4-12-21-33)23-28(25-13-5-1-6-14-25)30(34)29(24-32)26-15-7-2-8-16-26/h1-3,5-10,13-18,28-30H,4,11-12,19-24H2/t28-,29-,30?,32?/m0/s1. The highest BCUT2D eigenvalue weighted by Crippen LogP contribution is 2.54. The van der Waals surface area contributed by atoms with E-state index in [0.29, 0.717) is 11.8 Å². The molecule has 1 aliphatic carbocycles. The molecule has 2 bridgehead atoms. The SMILES string of the molecule is O=C(c1ccccc1)N1CCC2(N3CCCCC3)C[C@@H](c3ccccc3)C1[C@H](c1ccccc1)C2. The zero-order valence-corrected chi connectivity index (χ0v) is 20.6. The summed E-state index contributed by atoms with van der Waals surface area (Å²) in [6, 6.07) is 32.2. The Balaban J connectivity index is 1.50. The summed E-state index contributed by atoms with van der Waals surface area (Å²) in [5.74, 6) is 0.841. The van der Waals surface area contributed by atoms with Crippen molar-refractivity contribution in [2.45, 2.75) is 61.9 Å². The van der Waals surface area contributed by atoms with Gasteiger partial charge in [-0.2, -0.15) is 0 Å². The van der Waals surface area contributed by atoms with Crippen molar-refractivity contribution in [2.75, 3.05) is 19.6 Å². The van der Waals surface area contributed by atoms with Gasteiger partial charge in [-0.15, -0.1) is 0 Å². The number of likely N-dealkylation sites (tertiary alicyclic amines) is 1. The van der Waals surface area contributed by atoms with E-state index >= 15 is 0 Å².